The van der Waals surface area contributed by atoms with Crippen molar-refractivity contribution in [3.05, 3.63) is 29.3 Å². The lowest BCUT2D eigenvalue weighted by Gasteiger charge is -2.20. The highest BCUT2D eigenvalue weighted by molar-refractivity contribution is 7.99. The van der Waals surface area contributed by atoms with Crippen LogP contribution in [0.5, 0.6) is 0 Å². The first kappa shape index (κ1) is 14.3. The van der Waals surface area contributed by atoms with Crippen LogP contribution in [0.25, 0.3) is 0 Å². The van der Waals surface area contributed by atoms with E-state index in [0.717, 1.165) is 43.6 Å². The quantitative estimate of drug-likeness (QED) is 0.870. The fourth-order valence-corrected chi connectivity index (χ4v) is 2.68. The minimum atomic E-state index is 0.0638. The Morgan fingerprint density at radius 3 is 3.16 bits per heavy atom. The standard InChI is InChI=1S/C15H22N2OS/c1-11(19-2)8-10-17-15(18)13-5-3-7-14-12(13)6-4-9-16-14/h3,5,7,11,16H,4,6,8-10H2,1-2H3,(H,17,18). The zero-order valence-electron chi connectivity index (χ0n) is 11.7. The fraction of sp³-hybridized carbons (Fsp3) is 0.533. The van der Waals surface area contributed by atoms with E-state index in [9.17, 15) is 4.79 Å². The van der Waals surface area contributed by atoms with Crippen LogP contribution in [-0.2, 0) is 6.42 Å². The van der Waals surface area contributed by atoms with E-state index in [0.29, 0.717) is 5.25 Å². The van der Waals surface area contributed by atoms with Crippen molar-refractivity contribution in [2.75, 3.05) is 24.7 Å². The molecule has 2 N–H and O–H groups in total. The van der Waals surface area contributed by atoms with Crippen molar-refractivity contribution < 1.29 is 4.79 Å². The molecule has 0 fully saturated rings. The summed E-state index contributed by atoms with van der Waals surface area (Å²) in [6.07, 6.45) is 5.21. The third kappa shape index (κ3) is 3.66. The average molecular weight is 278 g/mol. The Kier molecular flexibility index (Phi) is 5.14. The summed E-state index contributed by atoms with van der Waals surface area (Å²) >= 11 is 1.83. The van der Waals surface area contributed by atoms with Gasteiger partial charge in [-0.3, -0.25) is 4.79 Å². The molecule has 0 saturated heterocycles. The molecule has 0 spiro atoms. The third-order valence-electron chi connectivity index (χ3n) is 3.58. The zero-order chi connectivity index (χ0) is 13.7. The predicted molar refractivity (Wildman–Crippen MR) is 83.2 cm³/mol. The van der Waals surface area contributed by atoms with Gasteiger partial charge in [-0.1, -0.05) is 13.0 Å². The number of rotatable bonds is 5. The molecule has 0 aromatic heterocycles. The smallest absolute Gasteiger partial charge is 0.251 e. The molecular formula is C15H22N2OS. The molecule has 1 aromatic carbocycles. The molecule has 1 unspecified atom stereocenters. The number of benzene rings is 1. The molecule has 0 bridgehead atoms. The van der Waals surface area contributed by atoms with Gasteiger partial charge in [0.1, 0.15) is 0 Å². The monoisotopic (exact) mass is 278 g/mol. The van der Waals surface area contributed by atoms with E-state index in [4.69, 9.17) is 0 Å². The maximum absolute atomic E-state index is 12.2. The predicted octanol–water partition coefficient (Wildman–Crippen LogP) is 2.92. The largest absolute Gasteiger partial charge is 0.385 e. The van der Waals surface area contributed by atoms with Gasteiger partial charge < -0.3 is 10.6 Å². The summed E-state index contributed by atoms with van der Waals surface area (Å²) in [4.78, 5) is 12.2. The summed E-state index contributed by atoms with van der Waals surface area (Å²) in [5, 5.41) is 6.98. The highest BCUT2D eigenvalue weighted by atomic mass is 32.2. The van der Waals surface area contributed by atoms with Crippen LogP contribution in [0, 0.1) is 0 Å². The number of fused-ring (bicyclic) bond motifs is 1. The van der Waals surface area contributed by atoms with Crippen molar-refractivity contribution in [2.45, 2.75) is 31.4 Å². The first-order valence-corrected chi connectivity index (χ1v) is 8.18. The molecule has 1 aliphatic heterocycles. The average Bonchev–Trinajstić information content (AvgIpc) is 2.46. The molecule has 19 heavy (non-hydrogen) atoms. The summed E-state index contributed by atoms with van der Waals surface area (Å²) in [7, 11) is 0. The minimum absolute atomic E-state index is 0.0638. The van der Waals surface area contributed by atoms with Gasteiger partial charge in [-0.25, -0.2) is 0 Å². The molecule has 1 aromatic rings. The minimum Gasteiger partial charge on any atom is -0.385 e. The summed E-state index contributed by atoms with van der Waals surface area (Å²) < 4.78 is 0. The Morgan fingerprint density at radius 2 is 2.37 bits per heavy atom. The van der Waals surface area contributed by atoms with E-state index in [1.807, 2.05) is 23.9 Å². The van der Waals surface area contributed by atoms with Gasteiger partial charge in [0.05, 0.1) is 0 Å². The van der Waals surface area contributed by atoms with Gasteiger partial charge in [-0.05, 0) is 43.2 Å². The van der Waals surface area contributed by atoms with E-state index in [1.54, 1.807) is 0 Å². The van der Waals surface area contributed by atoms with E-state index in [-0.39, 0.29) is 5.91 Å². The Balaban J connectivity index is 1.99. The molecular weight excluding hydrogens is 256 g/mol. The second-order valence-electron chi connectivity index (χ2n) is 4.95. The van der Waals surface area contributed by atoms with E-state index < -0.39 is 0 Å². The van der Waals surface area contributed by atoms with E-state index in [1.165, 1.54) is 5.56 Å². The molecule has 104 valence electrons. The van der Waals surface area contributed by atoms with Gasteiger partial charge in [0.2, 0.25) is 0 Å². The van der Waals surface area contributed by atoms with Crippen LogP contribution in [0.3, 0.4) is 0 Å². The fourth-order valence-electron chi connectivity index (χ4n) is 2.32. The maximum atomic E-state index is 12.2. The number of carbonyl (C=O) groups excluding carboxylic acids is 1. The summed E-state index contributed by atoms with van der Waals surface area (Å²) in [5.74, 6) is 0.0638. The second-order valence-corrected chi connectivity index (χ2v) is 6.23. The summed E-state index contributed by atoms with van der Waals surface area (Å²) in [6.45, 7) is 3.94. The number of amides is 1. The number of nitrogens with one attached hydrogen (secondary N) is 2. The SMILES string of the molecule is CSC(C)CCNC(=O)c1cccc2c1CCCN2. The van der Waals surface area contributed by atoms with Crippen LogP contribution in [0.2, 0.25) is 0 Å². The Hall–Kier alpha value is -1.16. The number of carbonyl (C=O) groups is 1. The van der Waals surface area contributed by atoms with Crippen LogP contribution in [0.15, 0.2) is 18.2 Å². The molecule has 3 nitrogen and oxygen atoms in total. The molecule has 1 heterocycles. The zero-order valence-corrected chi connectivity index (χ0v) is 12.5. The van der Waals surface area contributed by atoms with Crippen molar-refractivity contribution >= 4 is 23.4 Å². The topological polar surface area (TPSA) is 41.1 Å². The Bertz CT molecular complexity index is 448. The molecule has 1 atom stereocenters. The van der Waals surface area contributed by atoms with Crippen LogP contribution < -0.4 is 10.6 Å². The van der Waals surface area contributed by atoms with Crippen molar-refractivity contribution in [3.8, 4) is 0 Å². The Morgan fingerprint density at radius 1 is 1.53 bits per heavy atom. The molecule has 2 rings (SSSR count). The van der Waals surface area contributed by atoms with Crippen LogP contribution >= 0.6 is 11.8 Å². The summed E-state index contributed by atoms with van der Waals surface area (Å²) in [5.41, 5.74) is 3.13. The number of thioether (sulfide) groups is 1. The first-order valence-electron chi connectivity index (χ1n) is 6.89. The third-order valence-corrected chi connectivity index (χ3v) is 4.62. The molecule has 1 aliphatic rings. The van der Waals surface area contributed by atoms with Crippen molar-refractivity contribution in [1.82, 2.24) is 5.32 Å². The van der Waals surface area contributed by atoms with Gasteiger partial charge in [0, 0.05) is 29.6 Å². The molecule has 1 amide bonds. The molecule has 4 heteroatoms. The molecule has 0 radical (unpaired) electrons. The van der Waals surface area contributed by atoms with E-state index in [2.05, 4.69) is 29.9 Å². The van der Waals surface area contributed by atoms with Crippen molar-refractivity contribution in [2.24, 2.45) is 0 Å². The Labute approximate surface area is 119 Å². The van der Waals surface area contributed by atoms with Gasteiger partial charge in [-0.15, -0.1) is 0 Å². The molecule has 0 aliphatic carbocycles. The van der Waals surface area contributed by atoms with Crippen molar-refractivity contribution in [1.29, 1.82) is 0 Å². The lowest BCUT2D eigenvalue weighted by molar-refractivity contribution is 0.0952. The van der Waals surface area contributed by atoms with Gasteiger partial charge >= 0.3 is 0 Å². The number of hydrogen-bond acceptors (Lipinski definition) is 3. The normalized spacial score (nSPS) is 15.3. The van der Waals surface area contributed by atoms with Crippen LogP contribution in [0.1, 0.15) is 35.7 Å². The van der Waals surface area contributed by atoms with Crippen LogP contribution in [0.4, 0.5) is 5.69 Å². The van der Waals surface area contributed by atoms with Crippen molar-refractivity contribution in [3.63, 3.8) is 0 Å². The highest BCUT2D eigenvalue weighted by Crippen LogP contribution is 2.25. The summed E-state index contributed by atoms with van der Waals surface area (Å²) in [6, 6.07) is 5.94. The van der Waals surface area contributed by atoms with Gasteiger partial charge in [0.25, 0.3) is 5.91 Å². The molecule has 0 saturated carbocycles. The maximum Gasteiger partial charge on any atom is 0.251 e. The highest BCUT2D eigenvalue weighted by Gasteiger charge is 2.16. The number of hydrogen-bond donors (Lipinski definition) is 2. The lowest BCUT2D eigenvalue weighted by Crippen LogP contribution is -2.28. The van der Waals surface area contributed by atoms with Gasteiger partial charge in [-0.2, -0.15) is 11.8 Å². The second kappa shape index (κ2) is 6.85. The lowest BCUT2D eigenvalue weighted by atomic mass is 9.97. The first-order chi connectivity index (χ1) is 9.22. The van der Waals surface area contributed by atoms with E-state index >= 15 is 0 Å². The number of anilines is 1. The van der Waals surface area contributed by atoms with Gasteiger partial charge in [0.15, 0.2) is 0 Å². The van der Waals surface area contributed by atoms with Crippen LogP contribution in [-0.4, -0.2) is 30.5 Å².